The van der Waals surface area contributed by atoms with E-state index >= 15 is 0 Å². The van der Waals surface area contributed by atoms with Crippen LogP contribution < -0.4 is 5.32 Å². The lowest BCUT2D eigenvalue weighted by molar-refractivity contribution is 0.526. The standard InChI is InChI=1S/C15H20N6/c1-11-6-14-15(7-12(11)2)20(10-17-14)4-5-21-9-13(8-16-3)18-19-21/h6-7,9-10,16H,4-5,8H2,1-3H3. The highest BCUT2D eigenvalue weighted by Crippen LogP contribution is 2.18. The van der Waals surface area contributed by atoms with Crippen LogP contribution in [0.5, 0.6) is 0 Å². The Labute approximate surface area is 123 Å². The van der Waals surface area contributed by atoms with Gasteiger partial charge >= 0.3 is 0 Å². The zero-order valence-electron chi connectivity index (χ0n) is 12.7. The summed E-state index contributed by atoms with van der Waals surface area (Å²) in [7, 11) is 1.90. The summed E-state index contributed by atoms with van der Waals surface area (Å²) in [6.07, 6.45) is 3.88. The maximum atomic E-state index is 4.48. The van der Waals surface area contributed by atoms with Crippen LogP contribution in [0.4, 0.5) is 0 Å². The molecular formula is C15H20N6. The Kier molecular flexibility index (Phi) is 3.70. The highest BCUT2D eigenvalue weighted by molar-refractivity contribution is 5.77. The van der Waals surface area contributed by atoms with Crippen molar-refractivity contribution in [1.29, 1.82) is 0 Å². The highest BCUT2D eigenvalue weighted by atomic mass is 15.4. The fourth-order valence-electron chi connectivity index (χ4n) is 2.41. The van der Waals surface area contributed by atoms with Crippen molar-refractivity contribution in [3.05, 3.63) is 41.5 Å². The Morgan fingerprint density at radius 1 is 1.14 bits per heavy atom. The molecule has 0 aliphatic heterocycles. The number of benzene rings is 1. The number of nitrogens with one attached hydrogen (secondary N) is 1. The molecule has 1 aromatic carbocycles. The Morgan fingerprint density at radius 3 is 2.76 bits per heavy atom. The van der Waals surface area contributed by atoms with Gasteiger partial charge in [-0.1, -0.05) is 5.21 Å². The molecule has 6 heteroatoms. The summed E-state index contributed by atoms with van der Waals surface area (Å²) < 4.78 is 4.04. The van der Waals surface area contributed by atoms with Gasteiger partial charge in [-0.3, -0.25) is 4.68 Å². The molecular weight excluding hydrogens is 264 g/mol. The second-order valence-corrected chi connectivity index (χ2v) is 5.37. The average Bonchev–Trinajstić information content (AvgIpc) is 3.05. The van der Waals surface area contributed by atoms with Gasteiger partial charge in [0, 0.05) is 19.3 Å². The Hall–Kier alpha value is -2.21. The Bertz CT molecular complexity index is 755. The van der Waals surface area contributed by atoms with Gasteiger partial charge < -0.3 is 9.88 Å². The van der Waals surface area contributed by atoms with Crippen molar-refractivity contribution in [3.8, 4) is 0 Å². The van der Waals surface area contributed by atoms with E-state index in [0.717, 1.165) is 30.8 Å². The molecule has 0 fully saturated rings. The molecule has 0 amide bonds. The lowest BCUT2D eigenvalue weighted by Crippen LogP contribution is -2.07. The first-order valence-corrected chi connectivity index (χ1v) is 7.13. The van der Waals surface area contributed by atoms with E-state index in [1.807, 2.05) is 24.3 Å². The van der Waals surface area contributed by atoms with Gasteiger partial charge in [-0.25, -0.2) is 4.98 Å². The van der Waals surface area contributed by atoms with Crippen molar-refractivity contribution in [2.24, 2.45) is 0 Å². The first kappa shape index (κ1) is 13.8. The van der Waals surface area contributed by atoms with Crippen LogP contribution in [0, 0.1) is 13.8 Å². The van der Waals surface area contributed by atoms with Crippen LogP contribution in [0.15, 0.2) is 24.7 Å². The molecule has 1 N–H and O–H groups in total. The molecule has 110 valence electrons. The van der Waals surface area contributed by atoms with E-state index < -0.39 is 0 Å². The SMILES string of the molecule is CNCc1cn(CCn2cnc3cc(C)c(C)cc32)nn1. The minimum Gasteiger partial charge on any atom is -0.329 e. The van der Waals surface area contributed by atoms with Crippen molar-refractivity contribution >= 4 is 11.0 Å². The van der Waals surface area contributed by atoms with Gasteiger partial charge in [0.05, 0.1) is 29.6 Å². The molecule has 21 heavy (non-hydrogen) atoms. The molecule has 0 aliphatic rings. The topological polar surface area (TPSA) is 60.6 Å². The van der Waals surface area contributed by atoms with Gasteiger partial charge in [-0.15, -0.1) is 5.10 Å². The number of aromatic nitrogens is 5. The molecule has 0 spiro atoms. The second kappa shape index (κ2) is 5.65. The summed E-state index contributed by atoms with van der Waals surface area (Å²) in [5, 5.41) is 11.3. The second-order valence-electron chi connectivity index (χ2n) is 5.37. The molecule has 0 bridgehead atoms. The molecule has 0 aliphatic carbocycles. The minimum absolute atomic E-state index is 0.743. The number of imidazole rings is 1. The van der Waals surface area contributed by atoms with Gasteiger partial charge in [0.15, 0.2) is 0 Å². The van der Waals surface area contributed by atoms with Crippen LogP contribution in [0.25, 0.3) is 11.0 Å². The first-order valence-electron chi connectivity index (χ1n) is 7.13. The monoisotopic (exact) mass is 284 g/mol. The largest absolute Gasteiger partial charge is 0.329 e. The van der Waals surface area contributed by atoms with Crippen LogP contribution in [-0.4, -0.2) is 31.6 Å². The van der Waals surface area contributed by atoms with Crippen LogP contribution >= 0.6 is 0 Å². The highest BCUT2D eigenvalue weighted by Gasteiger charge is 2.06. The van der Waals surface area contributed by atoms with Gasteiger partial charge in [-0.2, -0.15) is 0 Å². The van der Waals surface area contributed by atoms with E-state index in [4.69, 9.17) is 0 Å². The molecule has 0 radical (unpaired) electrons. The number of nitrogens with zero attached hydrogens (tertiary/aromatic N) is 5. The van der Waals surface area contributed by atoms with Crippen LogP contribution in [-0.2, 0) is 19.6 Å². The zero-order valence-corrected chi connectivity index (χ0v) is 12.7. The van der Waals surface area contributed by atoms with E-state index in [1.54, 1.807) is 0 Å². The lowest BCUT2D eigenvalue weighted by Gasteiger charge is -2.06. The van der Waals surface area contributed by atoms with E-state index in [1.165, 1.54) is 16.6 Å². The van der Waals surface area contributed by atoms with Crippen molar-refractivity contribution in [3.63, 3.8) is 0 Å². The quantitative estimate of drug-likeness (QED) is 0.774. The smallest absolute Gasteiger partial charge is 0.0964 e. The summed E-state index contributed by atoms with van der Waals surface area (Å²) in [6.45, 7) is 6.61. The molecule has 0 atom stereocenters. The van der Waals surface area contributed by atoms with E-state index in [9.17, 15) is 0 Å². The summed E-state index contributed by atoms with van der Waals surface area (Å²) in [4.78, 5) is 4.48. The third-order valence-corrected chi connectivity index (χ3v) is 3.75. The first-order chi connectivity index (χ1) is 10.2. The third-order valence-electron chi connectivity index (χ3n) is 3.75. The fourth-order valence-corrected chi connectivity index (χ4v) is 2.41. The average molecular weight is 284 g/mol. The van der Waals surface area contributed by atoms with E-state index in [-0.39, 0.29) is 0 Å². The molecule has 2 heterocycles. The maximum absolute atomic E-state index is 4.48. The summed E-state index contributed by atoms with van der Waals surface area (Å²) in [5.41, 5.74) is 5.75. The molecule has 0 saturated carbocycles. The van der Waals surface area contributed by atoms with Gasteiger partial charge in [0.25, 0.3) is 0 Å². The van der Waals surface area contributed by atoms with Gasteiger partial charge in [0.2, 0.25) is 0 Å². The molecule has 6 nitrogen and oxygen atoms in total. The van der Waals surface area contributed by atoms with Gasteiger partial charge in [0.1, 0.15) is 0 Å². The molecule has 3 aromatic rings. The minimum atomic E-state index is 0.743. The lowest BCUT2D eigenvalue weighted by atomic mass is 10.1. The molecule has 0 unspecified atom stereocenters. The number of fused-ring (bicyclic) bond motifs is 1. The Balaban J connectivity index is 1.77. The molecule has 0 saturated heterocycles. The summed E-state index contributed by atoms with van der Waals surface area (Å²) in [6, 6.07) is 4.34. The van der Waals surface area contributed by atoms with Crippen molar-refractivity contribution in [2.45, 2.75) is 33.5 Å². The summed E-state index contributed by atoms with van der Waals surface area (Å²) >= 11 is 0. The van der Waals surface area contributed by atoms with Crippen LogP contribution in [0.1, 0.15) is 16.8 Å². The number of rotatable bonds is 5. The number of aryl methyl sites for hydroxylation is 4. The fraction of sp³-hybridized carbons (Fsp3) is 0.400. The molecule has 2 aromatic heterocycles. The Morgan fingerprint density at radius 2 is 1.95 bits per heavy atom. The van der Waals surface area contributed by atoms with E-state index in [2.05, 4.69) is 51.2 Å². The summed E-state index contributed by atoms with van der Waals surface area (Å²) in [5.74, 6) is 0. The predicted molar refractivity (Wildman–Crippen MR) is 82.0 cm³/mol. The zero-order chi connectivity index (χ0) is 14.8. The van der Waals surface area contributed by atoms with Crippen molar-refractivity contribution < 1.29 is 0 Å². The van der Waals surface area contributed by atoms with E-state index in [0.29, 0.717) is 0 Å². The predicted octanol–water partition coefficient (Wildman–Crippen LogP) is 1.66. The normalized spacial score (nSPS) is 11.4. The van der Waals surface area contributed by atoms with Gasteiger partial charge in [-0.05, 0) is 44.2 Å². The van der Waals surface area contributed by atoms with Crippen LogP contribution in [0.3, 0.4) is 0 Å². The number of hydrogen-bond acceptors (Lipinski definition) is 4. The van der Waals surface area contributed by atoms with Crippen LogP contribution in [0.2, 0.25) is 0 Å². The maximum Gasteiger partial charge on any atom is 0.0964 e. The van der Waals surface area contributed by atoms with Crippen molar-refractivity contribution in [2.75, 3.05) is 7.05 Å². The molecule has 3 rings (SSSR count). The third kappa shape index (κ3) is 2.80. The van der Waals surface area contributed by atoms with Crippen molar-refractivity contribution in [1.82, 2.24) is 29.9 Å². The number of hydrogen-bond donors (Lipinski definition) is 1.